The Balaban J connectivity index is 1.61. The van der Waals surface area contributed by atoms with Crippen LogP contribution >= 0.6 is 34.4 Å². The van der Waals surface area contributed by atoms with Gasteiger partial charge in [-0.3, -0.25) is 14.5 Å². The highest BCUT2D eigenvalue weighted by atomic mass is 127. The zero-order chi connectivity index (χ0) is 26.7. The molecule has 0 atom stereocenters. The molecule has 1 heterocycles. The molecule has 0 aromatic heterocycles. The summed E-state index contributed by atoms with van der Waals surface area (Å²) in [5, 5.41) is -0.347. The van der Waals surface area contributed by atoms with E-state index in [9.17, 15) is 18.0 Å². The molecule has 0 saturated carbocycles. The molecule has 0 radical (unpaired) electrons. The summed E-state index contributed by atoms with van der Waals surface area (Å²) in [4.78, 5) is 27.1. The smallest absolute Gasteiger partial charge is 0.339 e. The highest BCUT2D eigenvalue weighted by Gasteiger charge is 2.35. The van der Waals surface area contributed by atoms with E-state index in [1.54, 1.807) is 37.3 Å². The first kappa shape index (κ1) is 27.2. The number of imide groups is 1. The summed E-state index contributed by atoms with van der Waals surface area (Å²) >= 11 is 2.83. The van der Waals surface area contributed by atoms with Crippen LogP contribution in [0.4, 0.5) is 4.79 Å². The monoisotopic (exact) mass is 649 g/mol. The van der Waals surface area contributed by atoms with Gasteiger partial charge in [-0.15, -0.1) is 0 Å². The van der Waals surface area contributed by atoms with Gasteiger partial charge in [-0.25, -0.2) is 0 Å². The fourth-order valence-corrected chi connectivity index (χ4v) is 6.22. The van der Waals surface area contributed by atoms with E-state index >= 15 is 0 Å². The lowest BCUT2D eigenvalue weighted by atomic mass is 10.1. The molecule has 3 aromatic rings. The molecule has 1 fully saturated rings. The maximum absolute atomic E-state index is 13.0. The molecule has 4 rings (SSSR count). The number of benzene rings is 3. The molecule has 10 heteroatoms. The van der Waals surface area contributed by atoms with Crippen molar-refractivity contribution in [1.29, 1.82) is 0 Å². The lowest BCUT2D eigenvalue weighted by Crippen LogP contribution is -2.27. The maximum atomic E-state index is 13.0. The second-order valence-electron chi connectivity index (χ2n) is 8.37. The molecule has 0 N–H and O–H groups in total. The van der Waals surface area contributed by atoms with Crippen LogP contribution in [-0.2, 0) is 21.5 Å². The van der Waals surface area contributed by atoms with Crippen molar-refractivity contribution < 1.29 is 26.9 Å². The van der Waals surface area contributed by atoms with E-state index in [1.165, 1.54) is 17.0 Å². The van der Waals surface area contributed by atoms with Crippen LogP contribution in [0.2, 0.25) is 0 Å². The van der Waals surface area contributed by atoms with Crippen LogP contribution < -0.4 is 8.92 Å². The fraction of sp³-hybridized carbons (Fsp3) is 0.185. The second-order valence-corrected chi connectivity index (χ2v) is 12.1. The van der Waals surface area contributed by atoms with Crippen molar-refractivity contribution in [2.24, 2.45) is 0 Å². The third-order valence-electron chi connectivity index (χ3n) is 5.47. The number of hydrogen-bond acceptors (Lipinski definition) is 7. The van der Waals surface area contributed by atoms with Gasteiger partial charge >= 0.3 is 10.1 Å². The van der Waals surface area contributed by atoms with E-state index in [-0.39, 0.29) is 45.6 Å². The molecule has 192 valence electrons. The molecule has 1 aliphatic heterocycles. The predicted octanol–water partition coefficient (Wildman–Crippen LogP) is 6.31. The Morgan fingerprint density at radius 2 is 1.59 bits per heavy atom. The van der Waals surface area contributed by atoms with Crippen molar-refractivity contribution in [2.75, 3.05) is 6.61 Å². The first-order chi connectivity index (χ1) is 17.6. The molecular weight excluding hydrogens is 625 g/mol. The molecule has 2 amide bonds. The van der Waals surface area contributed by atoms with Crippen LogP contribution in [0.15, 0.2) is 70.5 Å². The van der Waals surface area contributed by atoms with E-state index in [0.717, 1.165) is 28.5 Å². The highest BCUT2D eigenvalue weighted by molar-refractivity contribution is 14.1. The quantitative estimate of drug-likeness (QED) is 0.161. The van der Waals surface area contributed by atoms with Gasteiger partial charge in [0.05, 0.1) is 21.6 Å². The molecule has 3 aromatic carbocycles. The third kappa shape index (κ3) is 6.36. The number of nitrogens with zero attached hydrogens (tertiary/aromatic N) is 1. The molecule has 37 heavy (non-hydrogen) atoms. The normalized spacial score (nSPS) is 14.9. The number of hydrogen-bond donors (Lipinski definition) is 0. The summed E-state index contributed by atoms with van der Waals surface area (Å²) in [6, 6.07) is 17.3. The summed E-state index contributed by atoms with van der Waals surface area (Å²) in [5.74, 6) is -0.103. The Bertz CT molecular complexity index is 1480. The molecule has 0 aliphatic carbocycles. The predicted molar refractivity (Wildman–Crippen MR) is 152 cm³/mol. The summed E-state index contributed by atoms with van der Waals surface area (Å²) in [6.07, 6.45) is 1.60. The first-order valence-corrected chi connectivity index (χ1v) is 14.7. The SMILES string of the molecule is CCOc1cc(/C=C2\SC(=O)N(Cc3ccc(C)cc3)C2=O)cc(I)c1OS(=O)(=O)c1ccc(C)cc1. The number of carbonyl (C=O) groups excluding carboxylic acids is 2. The molecule has 1 saturated heterocycles. The topological polar surface area (TPSA) is 90.0 Å². The number of thioether (sulfide) groups is 1. The van der Waals surface area contributed by atoms with Gasteiger partial charge in [0.15, 0.2) is 11.5 Å². The lowest BCUT2D eigenvalue weighted by molar-refractivity contribution is -0.123. The average molecular weight is 650 g/mol. The van der Waals surface area contributed by atoms with Crippen LogP contribution in [0.5, 0.6) is 11.5 Å². The van der Waals surface area contributed by atoms with E-state index in [0.29, 0.717) is 9.13 Å². The molecule has 0 unspecified atom stereocenters. The van der Waals surface area contributed by atoms with E-state index < -0.39 is 10.1 Å². The van der Waals surface area contributed by atoms with Gasteiger partial charge in [0.25, 0.3) is 11.1 Å². The highest BCUT2D eigenvalue weighted by Crippen LogP contribution is 2.39. The van der Waals surface area contributed by atoms with Crippen LogP contribution in [0, 0.1) is 17.4 Å². The summed E-state index contributed by atoms with van der Waals surface area (Å²) < 4.78 is 37.4. The Hall–Kier alpha value is -2.83. The van der Waals surface area contributed by atoms with Crippen molar-refractivity contribution in [3.05, 3.63) is 91.4 Å². The average Bonchev–Trinajstić information content (AvgIpc) is 3.10. The van der Waals surface area contributed by atoms with E-state index in [2.05, 4.69) is 0 Å². The molecule has 1 aliphatic rings. The number of ether oxygens (including phenoxy) is 1. The van der Waals surface area contributed by atoms with Crippen molar-refractivity contribution in [1.82, 2.24) is 4.90 Å². The van der Waals surface area contributed by atoms with Crippen molar-refractivity contribution in [2.45, 2.75) is 32.2 Å². The second kappa shape index (κ2) is 11.3. The van der Waals surface area contributed by atoms with Gasteiger partial charge in [-0.1, -0.05) is 47.5 Å². The van der Waals surface area contributed by atoms with Crippen LogP contribution in [0.3, 0.4) is 0 Å². The van der Waals surface area contributed by atoms with Crippen molar-refractivity contribution in [3.8, 4) is 11.5 Å². The number of aryl methyl sites for hydroxylation is 2. The zero-order valence-corrected chi connectivity index (χ0v) is 24.1. The minimum Gasteiger partial charge on any atom is -0.490 e. The minimum absolute atomic E-state index is 0.0303. The van der Waals surface area contributed by atoms with Crippen LogP contribution in [0.1, 0.15) is 29.2 Å². The molecule has 0 spiro atoms. The number of rotatable bonds is 8. The maximum Gasteiger partial charge on any atom is 0.339 e. The third-order valence-corrected chi connectivity index (χ3v) is 8.41. The van der Waals surface area contributed by atoms with Gasteiger partial charge in [0.1, 0.15) is 4.90 Å². The standard InChI is InChI=1S/C27H24INO6S2/c1-4-34-23-14-20(13-22(28)25(23)35-37(32,33)21-11-7-18(3)8-12-21)15-24-26(30)29(27(31)36-24)16-19-9-5-17(2)6-10-19/h5-15H,4,16H2,1-3H3/b24-15-. The van der Waals surface area contributed by atoms with E-state index in [4.69, 9.17) is 8.92 Å². The van der Waals surface area contributed by atoms with Gasteiger partial charge in [-0.05, 0) is 96.6 Å². The van der Waals surface area contributed by atoms with Crippen molar-refractivity contribution in [3.63, 3.8) is 0 Å². The Kier molecular flexibility index (Phi) is 8.29. The number of amides is 2. The first-order valence-electron chi connectivity index (χ1n) is 11.4. The van der Waals surface area contributed by atoms with Gasteiger partial charge in [-0.2, -0.15) is 8.42 Å². The van der Waals surface area contributed by atoms with Gasteiger partial charge in [0, 0.05) is 0 Å². The van der Waals surface area contributed by atoms with Crippen molar-refractivity contribution >= 4 is 61.7 Å². The van der Waals surface area contributed by atoms with Gasteiger partial charge < -0.3 is 8.92 Å². The Labute approximate surface area is 234 Å². The minimum atomic E-state index is -4.09. The Morgan fingerprint density at radius 1 is 0.973 bits per heavy atom. The molecule has 0 bridgehead atoms. The van der Waals surface area contributed by atoms with Gasteiger partial charge in [0.2, 0.25) is 0 Å². The van der Waals surface area contributed by atoms with Crippen LogP contribution in [-0.4, -0.2) is 31.1 Å². The van der Waals surface area contributed by atoms with E-state index in [1.807, 2.05) is 60.7 Å². The number of carbonyl (C=O) groups is 2. The van der Waals surface area contributed by atoms with Crippen LogP contribution in [0.25, 0.3) is 6.08 Å². The summed E-state index contributed by atoms with van der Waals surface area (Å²) in [5.41, 5.74) is 3.46. The molecule has 7 nitrogen and oxygen atoms in total. The molecular formula is C27H24INO6S2. The fourth-order valence-electron chi connectivity index (χ4n) is 3.54. The summed E-state index contributed by atoms with van der Waals surface area (Å²) in [7, 11) is -4.09. The summed E-state index contributed by atoms with van der Waals surface area (Å²) in [6.45, 7) is 6.07. The largest absolute Gasteiger partial charge is 0.490 e. The zero-order valence-electron chi connectivity index (χ0n) is 20.4. The Morgan fingerprint density at radius 3 is 2.22 bits per heavy atom. The lowest BCUT2D eigenvalue weighted by Gasteiger charge is -2.15. The number of halogens is 1.